The van der Waals surface area contributed by atoms with Crippen LogP contribution >= 0.6 is 0 Å². The maximum Gasteiger partial charge on any atom is 0.312 e. The summed E-state index contributed by atoms with van der Waals surface area (Å²) in [4.78, 5) is 25.7. The summed E-state index contributed by atoms with van der Waals surface area (Å²) in [5.74, 6) is -1.66. The molecule has 5 heteroatoms. The molecule has 3 atom stereocenters. The highest BCUT2D eigenvalue weighted by molar-refractivity contribution is 5.76. The zero-order valence-corrected chi connectivity index (χ0v) is 19.0. The molecule has 31 heavy (non-hydrogen) atoms. The number of hydrogen-bond donors (Lipinski definition) is 1. The van der Waals surface area contributed by atoms with Gasteiger partial charge in [-0.1, -0.05) is 74.5 Å². The molecule has 0 heterocycles. The normalized spacial score (nSPS) is 15.9. The molecule has 5 nitrogen and oxygen atoms in total. The van der Waals surface area contributed by atoms with E-state index < -0.39 is 29.1 Å². The first-order valence-electron chi connectivity index (χ1n) is 10.9. The zero-order chi connectivity index (χ0) is 22.9. The van der Waals surface area contributed by atoms with E-state index in [-0.39, 0.29) is 13.0 Å². The van der Waals surface area contributed by atoms with Crippen molar-refractivity contribution in [3.05, 3.63) is 71.8 Å². The molecule has 1 N–H and O–H groups in total. The molecular formula is C26H34O5. The van der Waals surface area contributed by atoms with Gasteiger partial charge >= 0.3 is 11.9 Å². The van der Waals surface area contributed by atoms with Gasteiger partial charge in [-0.05, 0) is 37.8 Å². The van der Waals surface area contributed by atoms with Crippen LogP contribution in [0.25, 0.3) is 0 Å². The van der Waals surface area contributed by atoms with Crippen LogP contribution in [0.15, 0.2) is 60.7 Å². The Hall–Kier alpha value is -2.66. The van der Waals surface area contributed by atoms with Crippen LogP contribution in [0.3, 0.4) is 0 Å². The quantitative estimate of drug-likeness (QED) is 0.520. The third-order valence-corrected chi connectivity index (χ3v) is 6.04. The average Bonchev–Trinajstić information content (AvgIpc) is 2.78. The van der Waals surface area contributed by atoms with Crippen molar-refractivity contribution in [3.63, 3.8) is 0 Å². The first-order chi connectivity index (χ1) is 14.7. The van der Waals surface area contributed by atoms with E-state index in [0.29, 0.717) is 19.3 Å². The molecule has 0 aliphatic heterocycles. The van der Waals surface area contributed by atoms with Gasteiger partial charge in [-0.2, -0.15) is 0 Å². The third kappa shape index (κ3) is 7.21. The Morgan fingerprint density at radius 2 is 1.48 bits per heavy atom. The molecular weight excluding hydrogens is 392 g/mol. The molecule has 168 valence electrons. The molecule has 0 aromatic heterocycles. The summed E-state index contributed by atoms with van der Waals surface area (Å²) in [5.41, 5.74) is -0.380. The van der Waals surface area contributed by atoms with Crippen LogP contribution in [0.1, 0.15) is 58.1 Å². The summed E-state index contributed by atoms with van der Waals surface area (Å²) >= 11 is 0. The number of ether oxygens (including phenoxy) is 2. The SMILES string of the molecule is CCC(CC(=O)OCc1ccccc1)(Cc1ccccc1)OC(=O)[C@H](C)C(C)(O)CC. The number of rotatable bonds is 11. The topological polar surface area (TPSA) is 72.8 Å². The summed E-state index contributed by atoms with van der Waals surface area (Å²) < 4.78 is 11.4. The highest BCUT2D eigenvalue weighted by Crippen LogP contribution is 2.31. The Kier molecular flexibility index (Phi) is 8.81. The van der Waals surface area contributed by atoms with Gasteiger partial charge in [0.25, 0.3) is 0 Å². The number of carbonyl (C=O) groups excluding carboxylic acids is 2. The van der Waals surface area contributed by atoms with Crippen molar-refractivity contribution >= 4 is 11.9 Å². The predicted molar refractivity (Wildman–Crippen MR) is 120 cm³/mol. The van der Waals surface area contributed by atoms with E-state index in [4.69, 9.17) is 9.47 Å². The van der Waals surface area contributed by atoms with E-state index in [0.717, 1.165) is 11.1 Å². The van der Waals surface area contributed by atoms with Crippen molar-refractivity contribution in [2.24, 2.45) is 5.92 Å². The largest absolute Gasteiger partial charge is 0.461 e. The number of esters is 2. The second-order valence-corrected chi connectivity index (χ2v) is 8.38. The number of hydrogen-bond acceptors (Lipinski definition) is 5. The maximum atomic E-state index is 12.9. The fourth-order valence-corrected chi connectivity index (χ4v) is 3.34. The molecule has 2 rings (SSSR count). The Morgan fingerprint density at radius 1 is 0.935 bits per heavy atom. The summed E-state index contributed by atoms with van der Waals surface area (Å²) in [6.07, 6.45) is 1.19. The van der Waals surface area contributed by atoms with Crippen LogP contribution in [-0.2, 0) is 32.1 Å². The number of benzene rings is 2. The van der Waals surface area contributed by atoms with Gasteiger partial charge in [-0.3, -0.25) is 9.59 Å². The Balaban J connectivity index is 2.19. The highest BCUT2D eigenvalue weighted by atomic mass is 16.6. The molecule has 0 fully saturated rings. The lowest BCUT2D eigenvalue weighted by atomic mass is 9.86. The molecule has 0 bridgehead atoms. The minimum absolute atomic E-state index is 0.0576. The van der Waals surface area contributed by atoms with Gasteiger partial charge in [0.2, 0.25) is 0 Å². The minimum Gasteiger partial charge on any atom is -0.461 e. The van der Waals surface area contributed by atoms with E-state index in [1.807, 2.05) is 74.5 Å². The fourth-order valence-electron chi connectivity index (χ4n) is 3.34. The lowest BCUT2D eigenvalue weighted by molar-refractivity contribution is -0.178. The van der Waals surface area contributed by atoms with E-state index in [2.05, 4.69) is 0 Å². The predicted octanol–water partition coefficient (Wildman–Crippen LogP) is 4.85. The first-order valence-corrected chi connectivity index (χ1v) is 10.9. The molecule has 0 aliphatic carbocycles. The highest BCUT2D eigenvalue weighted by Gasteiger charge is 2.41. The van der Waals surface area contributed by atoms with Crippen molar-refractivity contribution in [3.8, 4) is 0 Å². The lowest BCUT2D eigenvalue weighted by Crippen LogP contribution is -2.45. The number of aliphatic hydroxyl groups is 1. The van der Waals surface area contributed by atoms with Gasteiger partial charge in [-0.15, -0.1) is 0 Å². The van der Waals surface area contributed by atoms with Gasteiger partial charge in [0.05, 0.1) is 17.9 Å². The van der Waals surface area contributed by atoms with E-state index in [1.165, 1.54) is 0 Å². The van der Waals surface area contributed by atoms with Crippen molar-refractivity contribution in [1.29, 1.82) is 0 Å². The standard InChI is InChI=1S/C26H34O5/c1-5-25(4,29)20(3)24(28)31-26(6-2,17-21-13-9-7-10-14-21)18-23(27)30-19-22-15-11-8-12-16-22/h7-16,20,29H,5-6,17-19H2,1-4H3/t20-,25?,26?/m0/s1. The molecule has 2 unspecified atom stereocenters. The van der Waals surface area contributed by atoms with Gasteiger partial charge < -0.3 is 14.6 Å². The smallest absolute Gasteiger partial charge is 0.312 e. The Bertz CT molecular complexity index is 831. The summed E-state index contributed by atoms with van der Waals surface area (Å²) in [6.45, 7) is 7.16. The summed E-state index contributed by atoms with van der Waals surface area (Å²) in [7, 11) is 0. The summed E-state index contributed by atoms with van der Waals surface area (Å²) in [5, 5.41) is 10.5. The summed E-state index contributed by atoms with van der Waals surface area (Å²) in [6, 6.07) is 19.1. The van der Waals surface area contributed by atoms with Gasteiger partial charge in [-0.25, -0.2) is 0 Å². The lowest BCUT2D eigenvalue weighted by Gasteiger charge is -2.35. The van der Waals surface area contributed by atoms with E-state index >= 15 is 0 Å². The molecule has 0 aliphatic rings. The van der Waals surface area contributed by atoms with Gasteiger partial charge in [0.1, 0.15) is 12.2 Å². The minimum atomic E-state index is -1.18. The Labute approximate surface area is 185 Å². The fraction of sp³-hybridized carbons (Fsp3) is 0.462. The molecule has 0 saturated carbocycles. The molecule has 0 amide bonds. The van der Waals surface area contributed by atoms with Gasteiger partial charge in [0.15, 0.2) is 0 Å². The van der Waals surface area contributed by atoms with Crippen LogP contribution in [0, 0.1) is 5.92 Å². The second-order valence-electron chi connectivity index (χ2n) is 8.38. The molecule has 0 spiro atoms. The third-order valence-electron chi connectivity index (χ3n) is 6.04. The van der Waals surface area contributed by atoms with Crippen molar-refractivity contribution in [2.75, 3.05) is 0 Å². The first kappa shape index (κ1) is 24.6. The average molecular weight is 427 g/mol. The van der Waals surface area contributed by atoms with E-state index in [1.54, 1.807) is 13.8 Å². The van der Waals surface area contributed by atoms with Crippen LogP contribution < -0.4 is 0 Å². The Morgan fingerprint density at radius 3 is 2.00 bits per heavy atom. The van der Waals surface area contributed by atoms with Crippen LogP contribution in [-0.4, -0.2) is 28.2 Å². The van der Waals surface area contributed by atoms with Crippen molar-refractivity contribution < 1.29 is 24.2 Å². The molecule has 0 saturated heterocycles. The van der Waals surface area contributed by atoms with Crippen LogP contribution in [0.5, 0.6) is 0 Å². The molecule has 2 aromatic carbocycles. The van der Waals surface area contributed by atoms with E-state index in [9.17, 15) is 14.7 Å². The monoisotopic (exact) mass is 426 g/mol. The van der Waals surface area contributed by atoms with Crippen LogP contribution in [0.4, 0.5) is 0 Å². The van der Waals surface area contributed by atoms with Crippen LogP contribution in [0.2, 0.25) is 0 Å². The zero-order valence-electron chi connectivity index (χ0n) is 19.0. The maximum absolute atomic E-state index is 12.9. The van der Waals surface area contributed by atoms with Gasteiger partial charge in [0, 0.05) is 6.42 Å². The number of carbonyl (C=O) groups is 2. The van der Waals surface area contributed by atoms with Crippen molar-refractivity contribution in [2.45, 2.75) is 71.2 Å². The second kappa shape index (κ2) is 11.1. The molecule has 0 radical (unpaired) electrons. The van der Waals surface area contributed by atoms with Crippen molar-refractivity contribution in [1.82, 2.24) is 0 Å². The molecule has 2 aromatic rings.